The van der Waals surface area contributed by atoms with Crippen LogP contribution in [0.3, 0.4) is 0 Å². The Kier molecular flexibility index (Phi) is 3.30. The summed E-state index contributed by atoms with van der Waals surface area (Å²) in [6, 6.07) is 7.87. The van der Waals surface area contributed by atoms with E-state index < -0.39 is 15.1 Å². The van der Waals surface area contributed by atoms with Gasteiger partial charge in [-0.25, -0.2) is 8.42 Å². The summed E-state index contributed by atoms with van der Waals surface area (Å²) < 4.78 is 23.5. The highest BCUT2D eigenvalue weighted by Crippen LogP contribution is 2.37. The standard InChI is InChI=1S/C14H18N2O3S/c15-6-5-10-3-1-2-4-11(10)8-16-9-12-7-13(14(16)17)20(12,18)19/h1-4,12-13H,5-9,15H2. The van der Waals surface area contributed by atoms with Crippen molar-refractivity contribution in [3.63, 3.8) is 0 Å². The number of fused-ring (bicyclic) bond motifs is 2. The van der Waals surface area contributed by atoms with Gasteiger partial charge in [-0.2, -0.15) is 0 Å². The maximum Gasteiger partial charge on any atom is 0.241 e. The van der Waals surface area contributed by atoms with Crippen LogP contribution in [-0.4, -0.2) is 42.8 Å². The van der Waals surface area contributed by atoms with Crippen molar-refractivity contribution in [2.75, 3.05) is 13.1 Å². The number of nitrogens with two attached hydrogens (primary N) is 1. The van der Waals surface area contributed by atoms with Crippen LogP contribution in [0.2, 0.25) is 0 Å². The quantitative estimate of drug-likeness (QED) is 0.853. The number of carbonyl (C=O) groups excluding carboxylic acids is 1. The van der Waals surface area contributed by atoms with E-state index in [2.05, 4.69) is 0 Å². The Bertz CT molecular complexity index is 642. The Labute approximate surface area is 118 Å². The fraction of sp³-hybridized carbons (Fsp3) is 0.500. The molecule has 3 saturated heterocycles. The molecular weight excluding hydrogens is 276 g/mol. The third-order valence-corrected chi connectivity index (χ3v) is 6.70. The van der Waals surface area contributed by atoms with Gasteiger partial charge in [0.1, 0.15) is 5.25 Å². The van der Waals surface area contributed by atoms with Crippen molar-refractivity contribution in [3.05, 3.63) is 35.4 Å². The topological polar surface area (TPSA) is 80.5 Å². The highest BCUT2D eigenvalue weighted by Gasteiger charge is 2.56. The van der Waals surface area contributed by atoms with Gasteiger partial charge in [0.2, 0.25) is 5.91 Å². The van der Waals surface area contributed by atoms with Crippen molar-refractivity contribution in [1.82, 2.24) is 4.90 Å². The van der Waals surface area contributed by atoms with Crippen molar-refractivity contribution in [2.24, 2.45) is 5.73 Å². The molecule has 0 aliphatic carbocycles. The lowest BCUT2D eigenvalue weighted by molar-refractivity contribution is -0.134. The number of hydrogen-bond acceptors (Lipinski definition) is 4. The van der Waals surface area contributed by atoms with Gasteiger partial charge in [-0.05, 0) is 30.5 Å². The minimum Gasteiger partial charge on any atom is -0.336 e. The molecule has 0 radical (unpaired) electrons. The molecule has 3 aliphatic heterocycles. The molecule has 4 rings (SSSR count). The molecule has 2 N–H and O–H groups in total. The lowest BCUT2D eigenvalue weighted by atomic mass is 10.0. The van der Waals surface area contributed by atoms with E-state index in [9.17, 15) is 13.2 Å². The van der Waals surface area contributed by atoms with Crippen LogP contribution in [-0.2, 0) is 27.6 Å². The minimum atomic E-state index is -3.17. The smallest absolute Gasteiger partial charge is 0.241 e. The molecule has 2 unspecified atom stereocenters. The van der Waals surface area contributed by atoms with Crippen LogP contribution in [0.25, 0.3) is 0 Å². The zero-order valence-electron chi connectivity index (χ0n) is 11.2. The number of hydrogen-bond donors (Lipinski definition) is 1. The van der Waals surface area contributed by atoms with E-state index in [1.807, 2.05) is 24.3 Å². The normalized spacial score (nSPS) is 27.2. The summed E-state index contributed by atoms with van der Waals surface area (Å²) in [5.41, 5.74) is 7.78. The third-order valence-electron chi connectivity index (χ3n) is 4.24. The molecule has 1 aromatic carbocycles. The van der Waals surface area contributed by atoms with Gasteiger partial charge >= 0.3 is 0 Å². The van der Waals surface area contributed by atoms with Crippen LogP contribution in [0, 0.1) is 0 Å². The van der Waals surface area contributed by atoms with Crippen molar-refractivity contribution < 1.29 is 13.2 Å². The second-order valence-electron chi connectivity index (χ2n) is 5.46. The molecule has 2 bridgehead atoms. The van der Waals surface area contributed by atoms with Gasteiger partial charge in [-0.3, -0.25) is 4.79 Å². The van der Waals surface area contributed by atoms with Gasteiger partial charge in [0.15, 0.2) is 9.84 Å². The highest BCUT2D eigenvalue weighted by atomic mass is 32.2. The number of rotatable bonds is 4. The zero-order valence-corrected chi connectivity index (χ0v) is 12.0. The number of carbonyl (C=O) groups is 1. The minimum absolute atomic E-state index is 0.241. The van der Waals surface area contributed by atoms with Crippen LogP contribution >= 0.6 is 0 Å². The Hall–Kier alpha value is -1.40. The first-order valence-electron chi connectivity index (χ1n) is 6.82. The summed E-state index contributed by atoms with van der Waals surface area (Å²) in [7, 11) is -3.17. The van der Waals surface area contributed by atoms with Gasteiger partial charge in [0.05, 0.1) is 5.25 Å². The molecule has 3 aliphatic rings. The zero-order chi connectivity index (χ0) is 14.3. The molecule has 20 heavy (non-hydrogen) atoms. The van der Waals surface area contributed by atoms with Gasteiger partial charge in [0.25, 0.3) is 0 Å². The summed E-state index contributed by atoms with van der Waals surface area (Å²) in [5, 5.41) is -1.14. The van der Waals surface area contributed by atoms with E-state index >= 15 is 0 Å². The molecule has 6 heteroatoms. The largest absolute Gasteiger partial charge is 0.336 e. The fourth-order valence-corrected chi connectivity index (χ4v) is 4.92. The molecular formula is C14H18N2O3S. The van der Waals surface area contributed by atoms with Crippen LogP contribution < -0.4 is 5.73 Å². The van der Waals surface area contributed by atoms with Gasteiger partial charge in [-0.1, -0.05) is 24.3 Å². The molecule has 0 spiro atoms. The van der Waals surface area contributed by atoms with Crippen LogP contribution in [0.4, 0.5) is 0 Å². The molecule has 3 fully saturated rings. The first kappa shape index (κ1) is 13.6. The lowest BCUT2D eigenvalue weighted by Crippen LogP contribution is -2.64. The van der Waals surface area contributed by atoms with Gasteiger partial charge < -0.3 is 10.6 Å². The maximum atomic E-state index is 12.2. The van der Waals surface area contributed by atoms with Crippen molar-refractivity contribution in [1.29, 1.82) is 0 Å². The van der Waals surface area contributed by atoms with Crippen LogP contribution in [0.15, 0.2) is 24.3 Å². The average Bonchev–Trinajstić information content (AvgIpc) is 2.42. The van der Waals surface area contributed by atoms with E-state index in [4.69, 9.17) is 5.73 Å². The van der Waals surface area contributed by atoms with Gasteiger partial charge in [-0.15, -0.1) is 0 Å². The highest BCUT2D eigenvalue weighted by molar-refractivity contribution is 7.95. The second-order valence-corrected chi connectivity index (χ2v) is 7.88. The van der Waals surface area contributed by atoms with Crippen LogP contribution in [0.1, 0.15) is 17.5 Å². The lowest BCUT2D eigenvalue weighted by Gasteiger charge is -2.45. The molecule has 2 atom stereocenters. The van der Waals surface area contributed by atoms with E-state index in [1.54, 1.807) is 4.90 Å². The van der Waals surface area contributed by atoms with E-state index in [0.717, 1.165) is 17.5 Å². The molecule has 0 aromatic heterocycles. The number of amides is 1. The van der Waals surface area contributed by atoms with Crippen molar-refractivity contribution >= 4 is 15.7 Å². The van der Waals surface area contributed by atoms with Crippen molar-refractivity contribution in [2.45, 2.75) is 29.9 Å². The summed E-state index contributed by atoms with van der Waals surface area (Å²) in [6.07, 6.45) is 1.27. The monoisotopic (exact) mass is 294 g/mol. The Morgan fingerprint density at radius 2 is 1.95 bits per heavy atom. The second kappa shape index (κ2) is 4.86. The molecule has 5 nitrogen and oxygen atoms in total. The molecule has 0 saturated carbocycles. The Balaban J connectivity index is 1.79. The predicted octanol–water partition coefficient (Wildman–Crippen LogP) is 0.0857. The molecule has 1 amide bonds. The third kappa shape index (κ3) is 2.03. The van der Waals surface area contributed by atoms with Crippen LogP contribution in [0.5, 0.6) is 0 Å². The fourth-order valence-electron chi connectivity index (χ4n) is 3.04. The number of benzene rings is 1. The number of nitrogens with zero attached hydrogens (tertiary/aromatic N) is 1. The summed E-state index contributed by atoms with van der Waals surface area (Å²) in [5.74, 6) is -0.241. The Morgan fingerprint density at radius 3 is 2.55 bits per heavy atom. The molecule has 3 heterocycles. The molecule has 108 valence electrons. The van der Waals surface area contributed by atoms with E-state index in [1.165, 1.54) is 0 Å². The average molecular weight is 294 g/mol. The first-order valence-corrected chi connectivity index (χ1v) is 8.43. The number of sulfone groups is 1. The number of piperidine rings is 1. The predicted molar refractivity (Wildman–Crippen MR) is 75.7 cm³/mol. The van der Waals surface area contributed by atoms with E-state index in [-0.39, 0.29) is 11.2 Å². The SMILES string of the molecule is NCCc1ccccc1CN1CC2CC(C1=O)S2(=O)=O. The first-order chi connectivity index (χ1) is 9.54. The summed E-state index contributed by atoms with van der Waals surface area (Å²) >= 11 is 0. The summed E-state index contributed by atoms with van der Waals surface area (Å²) in [6.45, 7) is 1.37. The van der Waals surface area contributed by atoms with Crippen molar-refractivity contribution in [3.8, 4) is 0 Å². The summed E-state index contributed by atoms with van der Waals surface area (Å²) in [4.78, 5) is 13.9. The van der Waals surface area contributed by atoms with Gasteiger partial charge in [0, 0.05) is 13.1 Å². The molecule has 1 aromatic rings. The van der Waals surface area contributed by atoms with E-state index in [0.29, 0.717) is 26.1 Å². The Morgan fingerprint density at radius 1 is 1.25 bits per heavy atom. The maximum absolute atomic E-state index is 12.2.